The minimum absolute atomic E-state index is 0.305. The fraction of sp³-hybridized carbons (Fsp3) is 0.200. The first-order valence-corrected chi connectivity index (χ1v) is 7.55. The summed E-state index contributed by atoms with van der Waals surface area (Å²) in [6.45, 7) is 2.75. The van der Waals surface area contributed by atoms with Gasteiger partial charge in [0.25, 0.3) is 0 Å². The van der Waals surface area contributed by atoms with Gasteiger partial charge in [-0.05, 0) is 36.8 Å². The van der Waals surface area contributed by atoms with E-state index < -0.39 is 0 Å². The van der Waals surface area contributed by atoms with Crippen molar-refractivity contribution in [3.8, 4) is 0 Å². The molecular formula is C15H16BrNS. The molecule has 2 aromatic carbocycles. The zero-order valence-corrected chi connectivity index (χ0v) is 12.7. The van der Waals surface area contributed by atoms with Crippen LogP contribution in [0.25, 0.3) is 0 Å². The first kappa shape index (κ1) is 13.7. The van der Waals surface area contributed by atoms with Crippen LogP contribution >= 0.6 is 27.7 Å². The first-order chi connectivity index (χ1) is 8.69. The zero-order chi connectivity index (χ0) is 13.0. The predicted octanol–water partition coefficient (Wildman–Crippen LogP) is 4.55. The molecule has 1 nitrogen and oxygen atoms in total. The minimum Gasteiger partial charge on any atom is -0.329 e. The number of halogens is 1. The monoisotopic (exact) mass is 321 g/mol. The summed E-state index contributed by atoms with van der Waals surface area (Å²) in [5, 5.41) is 0.305. The predicted molar refractivity (Wildman–Crippen MR) is 83.0 cm³/mol. The van der Waals surface area contributed by atoms with Gasteiger partial charge in [-0.15, -0.1) is 11.8 Å². The Hall–Kier alpha value is -0.770. The Kier molecular flexibility index (Phi) is 4.87. The molecule has 3 heteroatoms. The van der Waals surface area contributed by atoms with Gasteiger partial charge >= 0.3 is 0 Å². The van der Waals surface area contributed by atoms with E-state index in [0.717, 1.165) is 4.47 Å². The van der Waals surface area contributed by atoms with Crippen LogP contribution in [-0.2, 0) is 0 Å². The second kappa shape index (κ2) is 6.41. The van der Waals surface area contributed by atoms with Crippen molar-refractivity contribution in [3.63, 3.8) is 0 Å². The average molecular weight is 322 g/mol. The highest BCUT2D eigenvalue weighted by atomic mass is 79.9. The SMILES string of the molecule is Cc1cccc(SC(CN)c2ccc(Br)cc2)c1. The lowest BCUT2D eigenvalue weighted by Crippen LogP contribution is -2.09. The van der Waals surface area contributed by atoms with E-state index in [9.17, 15) is 0 Å². The van der Waals surface area contributed by atoms with E-state index in [0.29, 0.717) is 11.8 Å². The van der Waals surface area contributed by atoms with Gasteiger partial charge in [-0.2, -0.15) is 0 Å². The maximum absolute atomic E-state index is 5.90. The van der Waals surface area contributed by atoms with E-state index in [-0.39, 0.29) is 0 Å². The molecule has 0 amide bonds. The normalized spacial score (nSPS) is 12.4. The maximum atomic E-state index is 5.90. The van der Waals surface area contributed by atoms with Crippen molar-refractivity contribution in [2.24, 2.45) is 5.73 Å². The van der Waals surface area contributed by atoms with Gasteiger partial charge in [0.05, 0.1) is 0 Å². The molecule has 0 aliphatic heterocycles. The van der Waals surface area contributed by atoms with Crippen molar-refractivity contribution in [2.75, 3.05) is 6.54 Å². The lowest BCUT2D eigenvalue weighted by Gasteiger charge is -2.15. The van der Waals surface area contributed by atoms with Crippen LogP contribution in [0, 0.1) is 6.92 Å². The first-order valence-electron chi connectivity index (χ1n) is 5.88. The highest BCUT2D eigenvalue weighted by molar-refractivity contribution is 9.10. The van der Waals surface area contributed by atoms with Crippen LogP contribution in [0.2, 0.25) is 0 Å². The molecule has 1 atom stereocenters. The summed E-state index contributed by atoms with van der Waals surface area (Å²) in [7, 11) is 0. The van der Waals surface area contributed by atoms with Crippen LogP contribution in [0.5, 0.6) is 0 Å². The van der Waals surface area contributed by atoms with Crippen molar-refractivity contribution in [3.05, 3.63) is 64.1 Å². The third kappa shape index (κ3) is 3.61. The van der Waals surface area contributed by atoms with Crippen LogP contribution in [0.1, 0.15) is 16.4 Å². The van der Waals surface area contributed by atoms with Gasteiger partial charge in [0.15, 0.2) is 0 Å². The highest BCUT2D eigenvalue weighted by Crippen LogP contribution is 2.35. The largest absolute Gasteiger partial charge is 0.329 e. The van der Waals surface area contributed by atoms with E-state index in [1.165, 1.54) is 16.0 Å². The third-order valence-electron chi connectivity index (χ3n) is 2.72. The molecule has 94 valence electrons. The van der Waals surface area contributed by atoms with Crippen molar-refractivity contribution < 1.29 is 0 Å². The topological polar surface area (TPSA) is 26.0 Å². The molecule has 0 spiro atoms. The molecule has 0 aliphatic rings. The Morgan fingerprint density at radius 1 is 1.17 bits per heavy atom. The van der Waals surface area contributed by atoms with Crippen LogP contribution in [-0.4, -0.2) is 6.54 Å². The Balaban J connectivity index is 2.17. The maximum Gasteiger partial charge on any atom is 0.0466 e. The number of benzene rings is 2. The number of hydrogen-bond acceptors (Lipinski definition) is 2. The van der Waals surface area contributed by atoms with Gasteiger partial charge in [0.1, 0.15) is 0 Å². The van der Waals surface area contributed by atoms with E-state index in [1.807, 2.05) is 11.8 Å². The quantitative estimate of drug-likeness (QED) is 0.836. The van der Waals surface area contributed by atoms with Gasteiger partial charge in [-0.3, -0.25) is 0 Å². The van der Waals surface area contributed by atoms with Crippen molar-refractivity contribution in [1.82, 2.24) is 0 Å². The summed E-state index contributed by atoms with van der Waals surface area (Å²) in [6, 6.07) is 16.9. The van der Waals surface area contributed by atoms with Gasteiger partial charge in [0.2, 0.25) is 0 Å². The van der Waals surface area contributed by atoms with Crippen molar-refractivity contribution in [1.29, 1.82) is 0 Å². The number of nitrogens with two attached hydrogens (primary N) is 1. The summed E-state index contributed by atoms with van der Waals surface area (Å²) < 4.78 is 1.10. The summed E-state index contributed by atoms with van der Waals surface area (Å²) in [5.41, 5.74) is 8.45. The second-order valence-corrected chi connectivity index (χ2v) is 6.40. The summed E-state index contributed by atoms with van der Waals surface area (Å²) in [4.78, 5) is 1.27. The van der Waals surface area contributed by atoms with Gasteiger partial charge in [0, 0.05) is 21.2 Å². The molecule has 0 fully saturated rings. The molecule has 0 radical (unpaired) electrons. The zero-order valence-electron chi connectivity index (χ0n) is 10.3. The molecule has 0 saturated heterocycles. The second-order valence-electron chi connectivity index (χ2n) is 4.21. The Bertz CT molecular complexity index is 510. The number of rotatable bonds is 4. The fourth-order valence-corrected chi connectivity index (χ4v) is 3.18. The summed E-state index contributed by atoms with van der Waals surface area (Å²) in [6.07, 6.45) is 0. The van der Waals surface area contributed by atoms with Crippen molar-refractivity contribution >= 4 is 27.7 Å². The Morgan fingerprint density at radius 3 is 2.50 bits per heavy atom. The van der Waals surface area contributed by atoms with E-state index in [4.69, 9.17) is 5.73 Å². The number of hydrogen-bond donors (Lipinski definition) is 1. The van der Waals surface area contributed by atoms with Gasteiger partial charge in [-0.25, -0.2) is 0 Å². The third-order valence-corrected chi connectivity index (χ3v) is 4.53. The molecular weight excluding hydrogens is 306 g/mol. The van der Waals surface area contributed by atoms with Crippen LogP contribution in [0.15, 0.2) is 57.9 Å². The van der Waals surface area contributed by atoms with Gasteiger partial charge in [-0.1, -0.05) is 45.8 Å². The Morgan fingerprint density at radius 2 is 1.89 bits per heavy atom. The Labute approximate surface area is 121 Å². The van der Waals surface area contributed by atoms with Gasteiger partial charge < -0.3 is 5.73 Å². The molecule has 0 aromatic heterocycles. The van der Waals surface area contributed by atoms with Crippen LogP contribution in [0.4, 0.5) is 0 Å². The standard InChI is InChI=1S/C15H16BrNS/c1-11-3-2-4-14(9-11)18-15(10-17)12-5-7-13(16)8-6-12/h2-9,15H,10,17H2,1H3. The van der Waals surface area contributed by atoms with E-state index in [1.54, 1.807) is 0 Å². The molecule has 0 saturated carbocycles. The van der Waals surface area contributed by atoms with E-state index >= 15 is 0 Å². The highest BCUT2D eigenvalue weighted by Gasteiger charge is 2.11. The minimum atomic E-state index is 0.305. The molecule has 2 N–H and O–H groups in total. The molecule has 2 rings (SSSR count). The smallest absolute Gasteiger partial charge is 0.0466 e. The van der Waals surface area contributed by atoms with Crippen molar-refractivity contribution in [2.45, 2.75) is 17.1 Å². The van der Waals surface area contributed by atoms with Crippen LogP contribution in [0.3, 0.4) is 0 Å². The molecule has 0 aliphatic carbocycles. The number of thioether (sulfide) groups is 1. The fourth-order valence-electron chi connectivity index (χ4n) is 1.78. The number of aryl methyl sites for hydroxylation is 1. The molecule has 1 unspecified atom stereocenters. The lowest BCUT2D eigenvalue weighted by molar-refractivity contribution is 0.940. The summed E-state index contributed by atoms with van der Waals surface area (Å²) in [5.74, 6) is 0. The molecule has 0 heterocycles. The molecule has 0 bridgehead atoms. The molecule has 18 heavy (non-hydrogen) atoms. The lowest BCUT2D eigenvalue weighted by atomic mass is 10.1. The summed E-state index contributed by atoms with van der Waals surface area (Å²) >= 11 is 5.28. The van der Waals surface area contributed by atoms with Crippen LogP contribution < -0.4 is 5.73 Å². The molecule has 2 aromatic rings. The average Bonchev–Trinajstić information content (AvgIpc) is 2.37. The van der Waals surface area contributed by atoms with E-state index in [2.05, 4.69) is 71.4 Å².